The summed E-state index contributed by atoms with van der Waals surface area (Å²) in [7, 11) is 0. The van der Waals surface area contributed by atoms with Gasteiger partial charge in [0.15, 0.2) is 0 Å². The SMILES string of the molecule is CC1CCN(C[C@H](O)CCl)CC1. The molecule has 0 radical (unpaired) electrons. The van der Waals surface area contributed by atoms with Crippen LogP contribution in [0.5, 0.6) is 0 Å². The summed E-state index contributed by atoms with van der Waals surface area (Å²) < 4.78 is 0. The average Bonchev–Trinajstić information content (AvgIpc) is 2.09. The Kier molecular flexibility index (Phi) is 4.33. The largest absolute Gasteiger partial charge is 0.391 e. The molecule has 1 N–H and O–H groups in total. The number of halogens is 1. The van der Waals surface area contributed by atoms with Crippen LogP contribution in [0.1, 0.15) is 19.8 Å². The molecule has 72 valence electrons. The molecule has 1 fully saturated rings. The Morgan fingerprint density at radius 3 is 2.58 bits per heavy atom. The van der Waals surface area contributed by atoms with Gasteiger partial charge in [-0.25, -0.2) is 0 Å². The highest BCUT2D eigenvalue weighted by molar-refractivity contribution is 6.18. The first-order chi connectivity index (χ1) is 5.72. The fourth-order valence-electron chi connectivity index (χ4n) is 1.59. The molecular weight excluding hydrogens is 174 g/mol. The summed E-state index contributed by atoms with van der Waals surface area (Å²) >= 11 is 5.52. The van der Waals surface area contributed by atoms with E-state index < -0.39 is 0 Å². The Labute approximate surface area is 79.5 Å². The van der Waals surface area contributed by atoms with Crippen molar-refractivity contribution in [1.82, 2.24) is 4.90 Å². The summed E-state index contributed by atoms with van der Waals surface area (Å²) in [6, 6.07) is 0. The van der Waals surface area contributed by atoms with Gasteiger partial charge in [-0.2, -0.15) is 0 Å². The maximum absolute atomic E-state index is 9.30. The number of hydrogen-bond donors (Lipinski definition) is 1. The minimum absolute atomic E-state index is 0.347. The Bertz CT molecular complexity index is 124. The summed E-state index contributed by atoms with van der Waals surface area (Å²) in [5.74, 6) is 1.21. The number of hydrogen-bond acceptors (Lipinski definition) is 2. The van der Waals surface area contributed by atoms with Crippen molar-refractivity contribution in [2.45, 2.75) is 25.9 Å². The molecule has 0 aromatic heterocycles. The molecular formula is C9H18ClNO. The zero-order chi connectivity index (χ0) is 8.97. The lowest BCUT2D eigenvalue weighted by molar-refractivity contribution is 0.105. The summed E-state index contributed by atoms with van der Waals surface area (Å²) in [5, 5.41) is 9.30. The van der Waals surface area contributed by atoms with Crippen molar-refractivity contribution in [2.24, 2.45) is 5.92 Å². The first-order valence-corrected chi connectivity index (χ1v) is 5.22. The predicted octanol–water partition coefficient (Wildman–Crippen LogP) is 1.32. The molecule has 2 nitrogen and oxygen atoms in total. The van der Waals surface area contributed by atoms with E-state index in [1.165, 1.54) is 12.8 Å². The third-order valence-electron chi connectivity index (χ3n) is 2.52. The van der Waals surface area contributed by atoms with Crippen LogP contribution in [0.15, 0.2) is 0 Å². The fourth-order valence-corrected chi connectivity index (χ4v) is 1.69. The fraction of sp³-hybridized carbons (Fsp3) is 1.00. The second kappa shape index (κ2) is 5.05. The van der Waals surface area contributed by atoms with Gasteiger partial charge in [0.05, 0.1) is 6.10 Å². The maximum Gasteiger partial charge on any atom is 0.0802 e. The summed E-state index contributed by atoms with van der Waals surface area (Å²) in [6.07, 6.45) is 2.17. The van der Waals surface area contributed by atoms with E-state index in [-0.39, 0.29) is 6.10 Å². The van der Waals surface area contributed by atoms with Crippen molar-refractivity contribution in [1.29, 1.82) is 0 Å². The molecule has 0 spiro atoms. The number of nitrogens with zero attached hydrogens (tertiary/aromatic N) is 1. The predicted molar refractivity (Wildman–Crippen MR) is 51.6 cm³/mol. The van der Waals surface area contributed by atoms with Gasteiger partial charge < -0.3 is 10.0 Å². The van der Waals surface area contributed by atoms with Crippen LogP contribution in [0.25, 0.3) is 0 Å². The summed E-state index contributed by atoms with van der Waals surface area (Å²) in [6.45, 7) is 5.27. The smallest absolute Gasteiger partial charge is 0.0802 e. The monoisotopic (exact) mass is 191 g/mol. The van der Waals surface area contributed by atoms with Crippen LogP contribution >= 0.6 is 11.6 Å². The standard InChI is InChI=1S/C9H18ClNO/c1-8-2-4-11(5-3-8)7-9(12)6-10/h8-9,12H,2-7H2,1H3/t9-/m1/s1. The lowest BCUT2D eigenvalue weighted by Gasteiger charge is -2.31. The Balaban J connectivity index is 2.17. The van der Waals surface area contributed by atoms with Crippen molar-refractivity contribution in [3.05, 3.63) is 0 Å². The van der Waals surface area contributed by atoms with E-state index in [4.69, 9.17) is 11.6 Å². The highest BCUT2D eigenvalue weighted by Crippen LogP contribution is 2.15. The lowest BCUT2D eigenvalue weighted by Crippen LogP contribution is -2.38. The third kappa shape index (κ3) is 3.30. The van der Waals surface area contributed by atoms with Crippen LogP contribution < -0.4 is 0 Å². The molecule has 3 heteroatoms. The number of alkyl halides is 1. The Hall–Kier alpha value is 0.210. The summed E-state index contributed by atoms with van der Waals surface area (Å²) in [5.41, 5.74) is 0. The minimum Gasteiger partial charge on any atom is -0.391 e. The van der Waals surface area contributed by atoms with Gasteiger partial charge in [0, 0.05) is 12.4 Å². The number of rotatable bonds is 3. The van der Waals surface area contributed by atoms with Gasteiger partial charge >= 0.3 is 0 Å². The number of aliphatic hydroxyl groups is 1. The first kappa shape index (κ1) is 10.3. The second-order valence-corrected chi connectivity index (χ2v) is 4.10. The van der Waals surface area contributed by atoms with Gasteiger partial charge in [-0.05, 0) is 31.8 Å². The van der Waals surface area contributed by atoms with Gasteiger partial charge in [0.25, 0.3) is 0 Å². The molecule has 0 bridgehead atoms. The van der Waals surface area contributed by atoms with Crippen molar-refractivity contribution in [3.63, 3.8) is 0 Å². The molecule has 1 aliphatic rings. The van der Waals surface area contributed by atoms with E-state index in [2.05, 4.69) is 11.8 Å². The van der Waals surface area contributed by atoms with Gasteiger partial charge in [-0.3, -0.25) is 0 Å². The zero-order valence-corrected chi connectivity index (χ0v) is 8.43. The van der Waals surface area contributed by atoms with Crippen molar-refractivity contribution in [2.75, 3.05) is 25.5 Å². The molecule has 1 heterocycles. The molecule has 1 rings (SSSR count). The van der Waals surface area contributed by atoms with Crippen LogP contribution in [0, 0.1) is 5.92 Å². The molecule has 1 saturated heterocycles. The highest BCUT2D eigenvalue weighted by Gasteiger charge is 2.17. The summed E-state index contributed by atoms with van der Waals surface area (Å²) in [4.78, 5) is 2.30. The van der Waals surface area contributed by atoms with Crippen LogP contribution in [0.3, 0.4) is 0 Å². The van der Waals surface area contributed by atoms with Crippen molar-refractivity contribution < 1.29 is 5.11 Å². The molecule has 0 aliphatic carbocycles. The Morgan fingerprint density at radius 2 is 2.08 bits per heavy atom. The highest BCUT2D eigenvalue weighted by atomic mass is 35.5. The Morgan fingerprint density at radius 1 is 1.50 bits per heavy atom. The van der Waals surface area contributed by atoms with Crippen LogP contribution in [-0.4, -0.2) is 41.6 Å². The van der Waals surface area contributed by atoms with E-state index in [1.807, 2.05) is 0 Å². The average molecular weight is 192 g/mol. The second-order valence-electron chi connectivity index (χ2n) is 3.79. The molecule has 0 amide bonds. The maximum atomic E-state index is 9.30. The normalized spacial score (nSPS) is 24.2. The quantitative estimate of drug-likeness (QED) is 0.681. The molecule has 0 aromatic rings. The van der Waals surface area contributed by atoms with Crippen LogP contribution in [0.4, 0.5) is 0 Å². The van der Waals surface area contributed by atoms with Gasteiger partial charge in [-0.15, -0.1) is 11.6 Å². The number of piperidine rings is 1. The first-order valence-electron chi connectivity index (χ1n) is 4.68. The zero-order valence-electron chi connectivity index (χ0n) is 7.67. The van der Waals surface area contributed by atoms with Gasteiger partial charge in [0.2, 0.25) is 0 Å². The van der Waals surface area contributed by atoms with Crippen LogP contribution in [-0.2, 0) is 0 Å². The molecule has 1 atom stereocenters. The van der Waals surface area contributed by atoms with E-state index >= 15 is 0 Å². The topological polar surface area (TPSA) is 23.5 Å². The minimum atomic E-state index is -0.347. The van der Waals surface area contributed by atoms with E-state index in [1.54, 1.807) is 0 Å². The molecule has 0 saturated carbocycles. The number of β-amino-alcohol motifs (C(OH)–C–C–N with tert-alkyl or cyclic N) is 1. The molecule has 0 aromatic carbocycles. The van der Waals surface area contributed by atoms with E-state index in [0.29, 0.717) is 5.88 Å². The third-order valence-corrected chi connectivity index (χ3v) is 2.88. The molecule has 1 aliphatic heterocycles. The van der Waals surface area contributed by atoms with E-state index in [0.717, 1.165) is 25.6 Å². The van der Waals surface area contributed by atoms with Gasteiger partial charge in [0.1, 0.15) is 0 Å². The van der Waals surface area contributed by atoms with Crippen molar-refractivity contribution >= 4 is 11.6 Å². The van der Waals surface area contributed by atoms with Crippen molar-refractivity contribution in [3.8, 4) is 0 Å². The van der Waals surface area contributed by atoms with Gasteiger partial charge in [-0.1, -0.05) is 6.92 Å². The van der Waals surface area contributed by atoms with Crippen LogP contribution in [0.2, 0.25) is 0 Å². The van der Waals surface area contributed by atoms with E-state index in [9.17, 15) is 5.11 Å². The number of likely N-dealkylation sites (tertiary alicyclic amines) is 1. The molecule has 0 unspecified atom stereocenters. The lowest BCUT2D eigenvalue weighted by atomic mass is 9.99. The number of aliphatic hydroxyl groups excluding tert-OH is 1. The molecule has 12 heavy (non-hydrogen) atoms.